The van der Waals surface area contributed by atoms with Gasteiger partial charge in [-0.2, -0.15) is 5.10 Å². The maximum Gasteiger partial charge on any atom is 0.191 e. The van der Waals surface area contributed by atoms with Crippen LogP contribution in [0.3, 0.4) is 0 Å². The Kier molecular flexibility index (Phi) is 9.74. The molecule has 156 valence electrons. The first-order valence-corrected chi connectivity index (χ1v) is 9.27. The smallest absolute Gasteiger partial charge is 0.191 e. The van der Waals surface area contributed by atoms with E-state index in [1.54, 1.807) is 24.0 Å². The van der Waals surface area contributed by atoms with Crippen molar-refractivity contribution in [3.8, 4) is 5.75 Å². The van der Waals surface area contributed by atoms with Crippen LogP contribution in [0.25, 0.3) is 0 Å². The Morgan fingerprint density at radius 3 is 2.68 bits per heavy atom. The van der Waals surface area contributed by atoms with Crippen LogP contribution >= 0.6 is 24.0 Å². The number of aryl methyl sites for hydroxylation is 2. The van der Waals surface area contributed by atoms with E-state index in [9.17, 15) is 5.11 Å². The average Bonchev–Trinajstić information content (AvgIpc) is 3.07. The van der Waals surface area contributed by atoms with Gasteiger partial charge >= 0.3 is 0 Å². The molecule has 2 atom stereocenters. The number of guanidine groups is 1. The molecule has 0 aliphatic carbocycles. The number of hydrogen-bond acceptors (Lipinski definition) is 4. The normalized spacial score (nSPS) is 14.6. The van der Waals surface area contributed by atoms with E-state index >= 15 is 0 Å². The molecule has 7 nitrogen and oxygen atoms in total. The van der Waals surface area contributed by atoms with Gasteiger partial charge in [-0.15, -0.1) is 24.0 Å². The van der Waals surface area contributed by atoms with Gasteiger partial charge in [0, 0.05) is 25.4 Å². The van der Waals surface area contributed by atoms with Gasteiger partial charge in [-0.05, 0) is 39.3 Å². The van der Waals surface area contributed by atoms with Crippen LogP contribution in [-0.4, -0.2) is 46.6 Å². The molecule has 28 heavy (non-hydrogen) atoms. The van der Waals surface area contributed by atoms with E-state index in [0.29, 0.717) is 12.5 Å². The van der Waals surface area contributed by atoms with Crippen LogP contribution in [0.4, 0.5) is 0 Å². The van der Waals surface area contributed by atoms with E-state index in [1.165, 1.54) is 0 Å². The van der Waals surface area contributed by atoms with Gasteiger partial charge < -0.3 is 20.5 Å². The first-order chi connectivity index (χ1) is 12.8. The monoisotopic (exact) mass is 501 g/mol. The summed E-state index contributed by atoms with van der Waals surface area (Å²) in [6.45, 7) is 9.32. The summed E-state index contributed by atoms with van der Waals surface area (Å²) in [7, 11) is 1.82. The molecule has 3 N–H and O–H groups in total. The van der Waals surface area contributed by atoms with Crippen molar-refractivity contribution < 1.29 is 9.84 Å². The number of aromatic nitrogens is 2. The van der Waals surface area contributed by atoms with Crippen LogP contribution in [0, 0.1) is 6.92 Å². The fourth-order valence-electron chi connectivity index (χ4n) is 2.55. The molecule has 2 rings (SSSR count). The largest absolute Gasteiger partial charge is 0.489 e. The first-order valence-electron chi connectivity index (χ1n) is 9.27. The Bertz CT molecular complexity index is 761. The number of ether oxygens (including phenoxy) is 1. The molecule has 0 spiro atoms. The molecule has 1 heterocycles. The second-order valence-electron chi connectivity index (χ2n) is 6.95. The van der Waals surface area contributed by atoms with Gasteiger partial charge in [0.1, 0.15) is 17.5 Å². The molecule has 0 saturated heterocycles. The quantitative estimate of drug-likeness (QED) is 0.294. The standard InChI is InChI=1S/C20H31N5O2.HI/c1-6-21-19(23-14-20(4,26)17-12-24-25(5)13-17)22-11-16(3)27-18-10-8-7-9-15(18)2;/h7-10,12-13,16,26H,6,11,14H2,1-5H3,(H2,21,22,23);1H. The minimum Gasteiger partial charge on any atom is -0.489 e. The molecule has 2 unspecified atom stereocenters. The molecule has 0 saturated carbocycles. The summed E-state index contributed by atoms with van der Waals surface area (Å²) in [6, 6.07) is 7.96. The predicted molar refractivity (Wildman–Crippen MR) is 123 cm³/mol. The van der Waals surface area contributed by atoms with Crippen LogP contribution in [-0.2, 0) is 12.6 Å². The third kappa shape index (κ3) is 7.31. The fourth-order valence-corrected chi connectivity index (χ4v) is 2.55. The number of hydrogen-bond donors (Lipinski definition) is 3. The van der Waals surface area contributed by atoms with Gasteiger partial charge in [0.15, 0.2) is 5.96 Å². The van der Waals surface area contributed by atoms with E-state index < -0.39 is 5.60 Å². The van der Waals surface area contributed by atoms with Gasteiger partial charge in [-0.25, -0.2) is 4.99 Å². The summed E-state index contributed by atoms with van der Waals surface area (Å²) in [5.41, 5.74) is 0.762. The summed E-state index contributed by atoms with van der Waals surface area (Å²) in [4.78, 5) is 4.52. The summed E-state index contributed by atoms with van der Waals surface area (Å²) in [5, 5.41) is 21.3. The number of para-hydroxylation sites is 1. The van der Waals surface area contributed by atoms with Crippen molar-refractivity contribution >= 4 is 29.9 Å². The second kappa shape index (κ2) is 11.3. The third-order valence-corrected chi connectivity index (χ3v) is 4.19. The minimum absolute atomic E-state index is 0. The molecular weight excluding hydrogens is 469 g/mol. The predicted octanol–water partition coefficient (Wildman–Crippen LogP) is 2.58. The highest BCUT2D eigenvalue weighted by atomic mass is 127. The van der Waals surface area contributed by atoms with E-state index in [4.69, 9.17) is 4.74 Å². The number of nitrogens with one attached hydrogen (secondary N) is 2. The summed E-state index contributed by atoms with van der Waals surface area (Å²) in [5.74, 6) is 1.52. The van der Waals surface area contributed by atoms with Crippen molar-refractivity contribution in [2.24, 2.45) is 12.0 Å². The Labute approximate surface area is 184 Å². The molecule has 0 aliphatic heterocycles. The maximum absolute atomic E-state index is 10.7. The van der Waals surface area contributed by atoms with Crippen molar-refractivity contribution in [3.05, 3.63) is 47.8 Å². The summed E-state index contributed by atoms with van der Waals surface area (Å²) >= 11 is 0. The summed E-state index contributed by atoms with van der Waals surface area (Å²) in [6.07, 6.45) is 3.43. The number of aliphatic hydroxyl groups is 1. The van der Waals surface area contributed by atoms with Crippen LogP contribution in [0.15, 0.2) is 41.7 Å². The highest BCUT2D eigenvalue weighted by Crippen LogP contribution is 2.20. The number of nitrogens with zero attached hydrogens (tertiary/aromatic N) is 3. The minimum atomic E-state index is -1.08. The lowest BCUT2D eigenvalue weighted by Gasteiger charge is -2.22. The number of aliphatic imine (C=N–C) groups is 1. The zero-order chi connectivity index (χ0) is 19.9. The SMILES string of the molecule is CCNC(=NCC(C)(O)c1cnn(C)c1)NCC(C)Oc1ccccc1C.I. The lowest BCUT2D eigenvalue weighted by molar-refractivity contribution is 0.0671. The fraction of sp³-hybridized carbons (Fsp3) is 0.500. The molecule has 2 aromatic rings. The molecule has 0 radical (unpaired) electrons. The molecule has 8 heteroatoms. The topological polar surface area (TPSA) is 83.7 Å². The van der Waals surface area contributed by atoms with Gasteiger partial charge in [0.05, 0.1) is 19.3 Å². The lowest BCUT2D eigenvalue weighted by Crippen LogP contribution is -2.42. The highest BCUT2D eigenvalue weighted by Gasteiger charge is 2.24. The van der Waals surface area contributed by atoms with Gasteiger partial charge in [-0.3, -0.25) is 4.68 Å². The van der Waals surface area contributed by atoms with Crippen molar-refractivity contribution in [3.63, 3.8) is 0 Å². The van der Waals surface area contributed by atoms with E-state index in [0.717, 1.165) is 23.4 Å². The number of benzene rings is 1. The zero-order valence-electron chi connectivity index (χ0n) is 17.3. The maximum atomic E-state index is 10.7. The van der Waals surface area contributed by atoms with Crippen LogP contribution in [0.2, 0.25) is 0 Å². The molecule has 1 aromatic carbocycles. The van der Waals surface area contributed by atoms with Gasteiger partial charge in [0.2, 0.25) is 0 Å². The second-order valence-corrected chi connectivity index (χ2v) is 6.95. The van der Waals surface area contributed by atoms with Crippen LogP contribution in [0.5, 0.6) is 5.75 Å². The number of halogens is 1. The van der Waals surface area contributed by atoms with E-state index in [-0.39, 0.29) is 36.6 Å². The first kappa shape index (κ1) is 24.2. The van der Waals surface area contributed by atoms with Crippen molar-refractivity contribution in [1.82, 2.24) is 20.4 Å². The molecular formula is C20H32IN5O2. The Morgan fingerprint density at radius 1 is 1.36 bits per heavy atom. The number of rotatable bonds is 8. The Hall–Kier alpha value is -1.81. The highest BCUT2D eigenvalue weighted by molar-refractivity contribution is 14.0. The van der Waals surface area contributed by atoms with E-state index in [1.807, 2.05) is 52.1 Å². The van der Waals surface area contributed by atoms with Crippen LogP contribution < -0.4 is 15.4 Å². The van der Waals surface area contributed by atoms with Gasteiger partial charge in [0.25, 0.3) is 0 Å². The van der Waals surface area contributed by atoms with Crippen molar-refractivity contribution in [1.29, 1.82) is 0 Å². The molecule has 0 amide bonds. The Balaban J connectivity index is 0.00000392. The van der Waals surface area contributed by atoms with E-state index in [2.05, 4.69) is 20.7 Å². The van der Waals surface area contributed by atoms with Gasteiger partial charge in [-0.1, -0.05) is 18.2 Å². The molecule has 0 aliphatic rings. The van der Waals surface area contributed by atoms with Crippen molar-refractivity contribution in [2.75, 3.05) is 19.6 Å². The van der Waals surface area contributed by atoms with Crippen molar-refractivity contribution in [2.45, 2.75) is 39.4 Å². The Morgan fingerprint density at radius 2 is 2.07 bits per heavy atom. The zero-order valence-corrected chi connectivity index (χ0v) is 19.6. The molecule has 1 aromatic heterocycles. The lowest BCUT2D eigenvalue weighted by atomic mass is 10.0. The summed E-state index contributed by atoms with van der Waals surface area (Å²) < 4.78 is 7.65. The average molecular weight is 501 g/mol. The molecule has 0 bridgehead atoms. The molecule has 0 fully saturated rings. The third-order valence-electron chi connectivity index (χ3n) is 4.19. The van der Waals surface area contributed by atoms with Crippen LogP contribution in [0.1, 0.15) is 31.9 Å².